The highest BCUT2D eigenvalue weighted by molar-refractivity contribution is 5.80. The number of likely N-dealkylation sites (tertiary alicyclic amines) is 1. The van der Waals surface area contributed by atoms with Crippen LogP contribution in [0.25, 0.3) is 0 Å². The van der Waals surface area contributed by atoms with E-state index in [1.165, 1.54) is 18.6 Å². The summed E-state index contributed by atoms with van der Waals surface area (Å²) < 4.78 is 13.0. The van der Waals surface area contributed by atoms with E-state index < -0.39 is 6.10 Å². The third kappa shape index (κ3) is 5.20. The number of hydrogen-bond acceptors (Lipinski definition) is 2. The zero-order valence-electron chi connectivity index (χ0n) is 14.3. The van der Waals surface area contributed by atoms with Crippen LogP contribution in [0.5, 0.6) is 0 Å². The van der Waals surface area contributed by atoms with Gasteiger partial charge in [0.2, 0.25) is 0 Å². The molecule has 0 amide bonds. The maximum absolute atomic E-state index is 13.0. The van der Waals surface area contributed by atoms with Gasteiger partial charge in [0.15, 0.2) is 5.96 Å². The van der Waals surface area contributed by atoms with Gasteiger partial charge in [0, 0.05) is 19.6 Å². The van der Waals surface area contributed by atoms with Gasteiger partial charge in [-0.25, -0.2) is 4.39 Å². The van der Waals surface area contributed by atoms with Crippen molar-refractivity contribution in [2.75, 3.05) is 26.2 Å². The third-order valence-corrected chi connectivity index (χ3v) is 4.17. The van der Waals surface area contributed by atoms with Crippen molar-refractivity contribution in [3.8, 4) is 0 Å². The highest BCUT2D eigenvalue weighted by Gasteiger charge is 2.24. The number of aliphatic hydroxyl groups excluding tert-OH is 1. The Morgan fingerprint density at radius 2 is 1.91 bits per heavy atom. The van der Waals surface area contributed by atoms with E-state index in [1.807, 2.05) is 6.92 Å². The molecule has 0 radical (unpaired) electrons. The van der Waals surface area contributed by atoms with Crippen molar-refractivity contribution >= 4 is 5.96 Å². The zero-order chi connectivity index (χ0) is 16.8. The molecule has 5 heteroatoms. The molecule has 0 spiro atoms. The molecule has 2 N–H and O–H groups in total. The van der Waals surface area contributed by atoms with E-state index >= 15 is 0 Å². The second-order valence-corrected chi connectivity index (χ2v) is 6.61. The number of piperidine rings is 1. The van der Waals surface area contributed by atoms with Gasteiger partial charge in [-0.2, -0.15) is 0 Å². The topological polar surface area (TPSA) is 47.9 Å². The average molecular weight is 321 g/mol. The predicted molar refractivity (Wildman–Crippen MR) is 91.9 cm³/mol. The third-order valence-electron chi connectivity index (χ3n) is 4.17. The van der Waals surface area contributed by atoms with Gasteiger partial charge in [0.1, 0.15) is 5.82 Å². The van der Waals surface area contributed by atoms with Gasteiger partial charge in [-0.15, -0.1) is 0 Å². The van der Waals surface area contributed by atoms with Crippen LogP contribution in [-0.2, 0) is 0 Å². The molecule has 1 heterocycles. The van der Waals surface area contributed by atoms with Crippen LogP contribution in [0.2, 0.25) is 0 Å². The number of hydrogen-bond donors (Lipinski definition) is 2. The van der Waals surface area contributed by atoms with Gasteiger partial charge >= 0.3 is 0 Å². The largest absolute Gasteiger partial charge is 0.386 e. The number of guanidine groups is 1. The molecule has 0 aromatic heterocycles. The first-order chi connectivity index (χ1) is 11.0. The Bertz CT molecular complexity index is 508. The summed E-state index contributed by atoms with van der Waals surface area (Å²) >= 11 is 0. The lowest BCUT2D eigenvalue weighted by molar-refractivity contribution is 0.183. The normalized spacial score (nSPS) is 23.7. The average Bonchev–Trinajstić information content (AvgIpc) is 2.50. The fourth-order valence-electron chi connectivity index (χ4n) is 3.22. The molecule has 3 unspecified atom stereocenters. The summed E-state index contributed by atoms with van der Waals surface area (Å²) in [6, 6.07) is 5.93. The summed E-state index contributed by atoms with van der Waals surface area (Å²) in [4.78, 5) is 6.87. The Morgan fingerprint density at radius 3 is 2.48 bits per heavy atom. The van der Waals surface area contributed by atoms with Crippen molar-refractivity contribution in [1.82, 2.24) is 10.2 Å². The van der Waals surface area contributed by atoms with Crippen molar-refractivity contribution in [3.63, 3.8) is 0 Å². The maximum atomic E-state index is 13.0. The van der Waals surface area contributed by atoms with Crippen LogP contribution in [0.15, 0.2) is 29.3 Å². The second-order valence-electron chi connectivity index (χ2n) is 6.61. The monoisotopic (exact) mass is 321 g/mol. The summed E-state index contributed by atoms with van der Waals surface area (Å²) in [5.41, 5.74) is 0.686. The smallest absolute Gasteiger partial charge is 0.194 e. The molecule has 3 atom stereocenters. The first kappa shape index (κ1) is 17.7. The minimum atomic E-state index is -0.719. The molecule has 23 heavy (non-hydrogen) atoms. The molecule has 1 aliphatic heterocycles. The van der Waals surface area contributed by atoms with E-state index in [-0.39, 0.29) is 12.4 Å². The minimum absolute atomic E-state index is 0.271. The quantitative estimate of drug-likeness (QED) is 0.662. The molecular formula is C18H28FN3O. The van der Waals surface area contributed by atoms with Crippen molar-refractivity contribution in [1.29, 1.82) is 0 Å². The van der Waals surface area contributed by atoms with Gasteiger partial charge in [-0.3, -0.25) is 4.99 Å². The van der Waals surface area contributed by atoms with Crippen molar-refractivity contribution < 1.29 is 9.50 Å². The van der Waals surface area contributed by atoms with Crippen LogP contribution in [0, 0.1) is 17.7 Å². The number of nitrogens with one attached hydrogen (secondary N) is 1. The summed E-state index contributed by atoms with van der Waals surface area (Å²) in [5, 5.41) is 13.6. The first-order valence-corrected chi connectivity index (χ1v) is 8.46. The molecule has 128 valence electrons. The van der Waals surface area contributed by atoms with Crippen LogP contribution in [0.3, 0.4) is 0 Å². The number of halogens is 1. The van der Waals surface area contributed by atoms with Crippen LogP contribution in [0.1, 0.15) is 38.9 Å². The van der Waals surface area contributed by atoms with Crippen LogP contribution in [-0.4, -0.2) is 42.1 Å². The standard InChI is InChI=1S/C18H28FN3O/c1-4-20-18(22-11-13(2)9-14(3)12-22)21-10-17(23)15-5-7-16(19)8-6-15/h5-8,13-14,17,23H,4,9-12H2,1-3H3,(H,20,21). The lowest BCUT2D eigenvalue weighted by atomic mass is 9.92. The SMILES string of the molecule is CCNC(=NCC(O)c1ccc(F)cc1)N1CC(C)CC(C)C1. The van der Waals surface area contributed by atoms with Crippen LogP contribution < -0.4 is 5.32 Å². The molecule has 1 aromatic carbocycles. The van der Waals surface area contributed by atoms with Gasteiger partial charge in [0.25, 0.3) is 0 Å². The Kier molecular flexibility index (Phi) is 6.39. The molecule has 1 fully saturated rings. The Hall–Kier alpha value is -1.62. The number of aliphatic hydroxyl groups is 1. The summed E-state index contributed by atoms with van der Waals surface area (Å²) in [5.74, 6) is 1.84. The highest BCUT2D eigenvalue weighted by Crippen LogP contribution is 2.21. The second kappa shape index (κ2) is 8.29. The van der Waals surface area contributed by atoms with E-state index in [2.05, 4.69) is 29.1 Å². The molecule has 0 saturated carbocycles. The van der Waals surface area contributed by atoms with E-state index in [0.29, 0.717) is 17.4 Å². The van der Waals surface area contributed by atoms with Crippen molar-refractivity contribution in [2.24, 2.45) is 16.8 Å². The predicted octanol–water partition coefficient (Wildman–Crippen LogP) is 2.80. The summed E-state index contributed by atoms with van der Waals surface area (Å²) in [6.07, 6.45) is 0.526. The Morgan fingerprint density at radius 1 is 1.30 bits per heavy atom. The number of benzene rings is 1. The van der Waals surface area contributed by atoms with Crippen LogP contribution in [0.4, 0.5) is 4.39 Å². The Balaban J connectivity index is 2.04. The van der Waals surface area contributed by atoms with Gasteiger partial charge in [0.05, 0.1) is 12.6 Å². The molecule has 1 aliphatic rings. The minimum Gasteiger partial charge on any atom is -0.386 e. The van der Waals surface area contributed by atoms with E-state index in [4.69, 9.17) is 0 Å². The number of rotatable bonds is 4. The first-order valence-electron chi connectivity index (χ1n) is 8.46. The van der Waals surface area contributed by atoms with E-state index in [9.17, 15) is 9.50 Å². The maximum Gasteiger partial charge on any atom is 0.194 e. The fourth-order valence-corrected chi connectivity index (χ4v) is 3.22. The van der Waals surface area contributed by atoms with Gasteiger partial charge < -0.3 is 15.3 Å². The fraction of sp³-hybridized carbons (Fsp3) is 0.611. The van der Waals surface area contributed by atoms with Gasteiger partial charge in [-0.05, 0) is 42.9 Å². The Labute approximate surface area is 138 Å². The molecule has 1 saturated heterocycles. The zero-order valence-corrected chi connectivity index (χ0v) is 14.3. The summed E-state index contributed by atoms with van der Waals surface area (Å²) in [6.45, 7) is 9.62. The number of nitrogens with zero attached hydrogens (tertiary/aromatic N) is 2. The number of aliphatic imine (C=N–C) groups is 1. The van der Waals surface area contributed by atoms with E-state index in [1.54, 1.807) is 12.1 Å². The highest BCUT2D eigenvalue weighted by atomic mass is 19.1. The molecular weight excluding hydrogens is 293 g/mol. The van der Waals surface area contributed by atoms with E-state index in [0.717, 1.165) is 25.6 Å². The molecule has 0 bridgehead atoms. The van der Waals surface area contributed by atoms with Crippen molar-refractivity contribution in [3.05, 3.63) is 35.6 Å². The summed E-state index contributed by atoms with van der Waals surface area (Å²) in [7, 11) is 0. The van der Waals surface area contributed by atoms with Crippen LogP contribution >= 0.6 is 0 Å². The molecule has 4 nitrogen and oxygen atoms in total. The lowest BCUT2D eigenvalue weighted by Crippen LogP contribution is -2.48. The van der Waals surface area contributed by atoms with Gasteiger partial charge in [-0.1, -0.05) is 26.0 Å². The molecule has 0 aliphatic carbocycles. The molecule has 2 rings (SSSR count). The molecule has 1 aromatic rings. The van der Waals surface area contributed by atoms with Crippen molar-refractivity contribution in [2.45, 2.75) is 33.3 Å². The lowest BCUT2D eigenvalue weighted by Gasteiger charge is -2.37.